The molecule has 128 valence electrons. The molecule has 24 heavy (non-hydrogen) atoms. The van der Waals surface area contributed by atoms with Gasteiger partial charge in [-0.2, -0.15) is 0 Å². The van der Waals surface area contributed by atoms with Crippen molar-refractivity contribution < 1.29 is 23.9 Å². The van der Waals surface area contributed by atoms with Crippen LogP contribution in [0.15, 0.2) is 18.2 Å². The molecular formula is C17H20N2O5. The van der Waals surface area contributed by atoms with Gasteiger partial charge in [0, 0.05) is 25.2 Å². The SMILES string of the molecule is O=C1CCc2cc(OCC(=O)OCC(=O)N3CCCC3)ccc2N1. The number of aryl methyl sites for hydroxylation is 1. The maximum Gasteiger partial charge on any atom is 0.344 e. The van der Waals surface area contributed by atoms with E-state index in [0.717, 1.165) is 37.2 Å². The summed E-state index contributed by atoms with van der Waals surface area (Å²) in [5.41, 5.74) is 1.75. The number of hydrogen-bond acceptors (Lipinski definition) is 5. The van der Waals surface area contributed by atoms with Gasteiger partial charge in [-0.15, -0.1) is 0 Å². The Kier molecular flexibility index (Phi) is 4.98. The number of carbonyl (C=O) groups is 3. The highest BCUT2D eigenvalue weighted by atomic mass is 16.6. The predicted octanol–water partition coefficient (Wildman–Crippen LogP) is 1.12. The Morgan fingerprint density at radius 3 is 2.71 bits per heavy atom. The van der Waals surface area contributed by atoms with Crippen LogP contribution in [-0.2, 0) is 25.5 Å². The lowest BCUT2D eigenvalue weighted by Gasteiger charge is -2.17. The number of benzene rings is 1. The zero-order chi connectivity index (χ0) is 16.9. The minimum Gasteiger partial charge on any atom is -0.482 e. The molecule has 1 aromatic rings. The first-order valence-electron chi connectivity index (χ1n) is 8.11. The number of nitrogens with one attached hydrogen (secondary N) is 1. The molecule has 0 aromatic heterocycles. The average molecular weight is 332 g/mol. The number of amides is 2. The van der Waals surface area contributed by atoms with Crippen LogP contribution in [0.25, 0.3) is 0 Å². The molecule has 0 unspecified atom stereocenters. The van der Waals surface area contributed by atoms with Crippen LogP contribution in [0.4, 0.5) is 5.69 Å². The number of carbonyl (C=O) groups excluding carboxylic acids is 3. The number of fused-ring (bicyclic) bond motifs is 1. The van der Waals surface area contributed by atoms with Crippen molar-refractivity contribution in [2.24, 2.45) is 0 Å². The minimum absolute atomic E-state index is 0.00224. The number of esters is 1. The fourth-order valence-corrected chi connectivity index (χ4v) is 2.83. The van der Waals surface area contributed by atoms with Gasteiger partial charge < -0.3 is 19.7 Å². The summed E-state index contributed by atoms with van der Waals surface area (Å²) in [4.78, 5) is 36.5. The highest BCUT2D eigenvalue weighted by molar-refractivity contribution is 5.94. The third-order valence-electron chi connectivity index (χ3n) is 4.14. The van der Waals surface area contributed by atoms with Crippen molar-refractivity contribution >= 4 is 23.5 Å². The normalized spacial score (nSPS) is 16.3. The summed E-state index contributed by atoms with van der Waals surface area (Å²) in [5.74, 6) is -0.200. The Bertz CT molecular complexity index is 652. The molecule has 1 N–H and O–H groups in total. The van der Waals surface area contributed by atoms with Gasteiger partial charge in [0.15, 0.2) is 13.2 Å². The average Bonchev–Trinajstić information content (AvgIpc) is 3.12. The van der Waals surface area contributed by atoms with Crippen molar-refractivity contribution in [3.8, 4) is 5.75 Å². The largest absolute Gasteiger partial charge is 0.482 e. The standard InChI is InChI=1S/C17H20N2O5/c20-15-6-3-12-9-13(4-5-14(12)18-15)23-11-17(22)24-10-16(21)19-7-1-2-8-19/h4-5,9H,1-3,6-8,10-11H2,(H,18,20). The van der Waals surface area contributed by atoms with Crippen LogP contribution in [0.5, 0.6) is 5.75 Å². The first-order valence-corrected chi connectivity index (χ1v) is 8.11. The van der Waals surface area contributed by atoms with Crippen LogP contribution in [0.3, 0.4) is 0 Å². The van der Waals surface area contributed by atoms with E-state index in [4.69, 9.17) is 9.47 Å². The van der Waals surface area contributed by atoms with Gasteiger partial charge in [0.25, 0.3) is 5.91 Å². The van der Waals surface area contributed by atoms with E-state index < -0.39 is 5.97 Å². The molecule has 3 rings (SSSR count). The van der Waals surface area contributed by atoms with Crippen molar-refractivity contribution in [1.82, 2.24) is 4.90 Å². The zero-order valence-electron chi connectivity index (χ0n) is 13.4. The Morgan fingerprint density at radius 1 is 1.12 bits per heavy atom. The smallest absolute Gasteiger partial charge is 0.344 e. The third kappa shape index (κ3) is 4.04. The summed E-state index contributed by atoms with van der Waals surface area (Å²) < 4.78 is 10.4. The van der Waals surface area contributed by atoms with E-state index in [0.29, 0.717) is 18.6 Å². The van der Waals surface area contributed by atoms with E-state index in [1.165, 1.54) is 0 Å². The Labute approximate surface area is 139 Å². The van der Waals surface area contributed by atoms with E-state index in [1.54, 1.807) is 23.1 Å². The predicted molar refractivity (Wildman–Crippen MR) is 85.7 cm³/mol. The molecule has 7 nitrogen and oxygen atoms in total. The van der Waals surface area contributed by atoms with Gasteiger partial charge in [0.2, 0.25) is 5.91 Å². The first-order chi connectivity index (χ1) is 11.6. The highest BCUT2D eigenvalue weighted by Gasteiger charge is 2.19. The molecule has 0 saturated carbocycles. The quantitative estimate of drug-likeness (QED) is 0.817. The third-order valence-corrected chi connectivity index (χ3v) is 4.14. The van der Waals surface area contributed by atoms with E-state index in [1.807, 2.05) is 0 Å². The summed E-state index contributed by atoms with van der Waals surface area (Å²) in [6, 6.07) is 5.24. The number of hydrogen-bond donors (Lipinski definition) is 1. The van der Waals surface area contributed by atoms with Gasteiger partial charge >= 0.3 is 5.97 Å². The fraction of sp³-hybridized carbons (Fsp3) is 0.471. The minimum atomic E-state index is -0.575. The van der Waals surface area contributed by atoms with Gasteiger partial charge in [-0.05, 0) is 43.0 Å². The fourth-order valence-electron chi connectivity index (χ4n) is 2.83. The van der Waals surface area contributed by atoms with Crippen molar-refractivity contribution in [1.29, 1.82) is 0 Å². The molecule has 1 aromatic carbocycles. The van der Waals surface area contributed by atoms with Crippen molar-refractivity contribution in [3.63, 3.8) is 0 Å². The van der Waals surface area contributed by atoms with Crippen molar-refractivity contribution in [2.75, 3.05) is 31.6 Å². The summed E-state index contributed by atoms with van der Waals surface area (Å²) >= 11 is 0. The molecule has 2 aliphatic heterocycles. The molecule has 2 aliphatic rings. The molecule has 1 fully saturated rings. The first kappa shape index (κ1) is 16.3. The summed E-state index contributed by atoms with van der Waals surface area (Å²) in [6.45, 7) is 0.980. The van der Waals surface area contributed by atoms with Gasteiger partial charge in [-0.3, -0.25) is 9.59 Å². The summed E-state index contributed by atoms with van der Waals surface area (Å²) in [7, 11) is 0. The molecule has 2 heterocycles. The Balaban J connectivity index is 1.44. The van der Waals surface area contributed by atoms with Crippen LogP contribution in [0.2, 0.25) is 0 Å². The van der Waals surface area contributed by atoms with Crippen molar-refractivity contribution in [3.05, 3.63) is 23.8 Å². The van der Waals surface area contributed by atoms with Crippen LogP contribution in [0, 0.1) is 0 Å². The molecule has 2 amide bonds. The van der Waals surface area contributed by atoms with Crippen LogP contribution < -0.4 is 10.1 Å². The lowest BCUT2D eigenvalue weighted by Crippen LogP contribution is -2.32. The van der Waals surface area contributed by atoms with Crippen LogP contribution >= 0.6 is 0 Å². The molecule has 0 aliphatic carbocycles. The van der Waals surface area contributed by atoms with Crippen LogP contribution in [-0.4, -0.2) is 49.0 Å². The molecular weight excluding hydrogens is 312 g/mol. The highest BCUT2D eigenvalue weighted by Crippen LogP contribution is 2.26. The van der Waals surface area contributed by atoms with Gasteiger partial charge in [-0.25, -0.2) is 4.79 Å². The van der Waals surface area contributed by atoms with E-state index in [2.05, 4.69) is 5.32 Å². The monoisotopic (exact) mass is 332 g/mol. The maximum absolute atomic E-state index is 11.8. The number of likely N-dealkylation sites (tertiary alicyclic amines) is 1. The van der Waals surface area contributed by atoms with Gasteiger partial charge in [-0.1, -0.05) is 0 Å². The maximum atomic E-state index is 11.8. The van der Waals surface area contributed by atoms with E-state index >= 15 is 0 Å². The lowest BCUT2D eigenvalue weighted by molar-refractivity contribution is -0.153. The van der Waals surface area contributed by atoms with Gasteiger partial charge in [0.1, 0.15) is 5.75 Å². The van der Waals surface area contributed by atoms with E-state index in [9.17, 15) is 14.4 Å². The van der Waals surface area contributed by atoms with Crippen LogP contribution in [0.1, 0.15) is 24.8 Å². The van der Waals surface area contributed by atoms with Crippen molar-refractivity contribution in [2.45, 2.75) is 25.7 Å². The summed E-state index contributed by atoms with van der Waals surface area (Å²) in [6.07, 6.45) is 3.09. The number of anilines is 1. The Morgan fingerprint density at radius 2 is 1.92 bits per heavy atom. The molecule has 0 atom stereocenters. The molecule has 0 radical (unpaired) electrons. The molecule has 1 saturated heterocycles. The molecule has 0 spiro atoms. The van der Waals surface area contributed by atoms with E-state index in [-0.39, 0.29) is 25.0 Å². The Hall–Kier alpha value is -2.57. The summed E-state index contributed by atoms with van der Waals surface area (Å²) in [5, 5.41) is 2.78. The molecule has 7 heteroatoms. The van der Waals surface area contributed by atoms with Gasteiger partial charge in [0.05, 0.1) is 0 Å². The zero-order valence-corrected chi connectivity index (χ0v) is 13.4. The topological polar surface area (TPSA) is 84.9 Å². The number of ether oxygens (including phenoxy) is 2. The molecule has 0 bridgehead atoms. The second-order valence-electron chi connectivity index (χ2n) is 5.90. The number of nitrogens with zero attached hydrogens (tertiary/aromatic N) is 1. The second-order valence-corrected chi connectivity index (χ2v) is 5.90. The number of rotatable bonds is 5. The lowest BCUT2D eigenvalue weighted by atomic mass is 10.0. The second kappa shape index (κ2) is 7.33.